The minimum Gasteiger partial charge on any atom is -0.368 e. The smallest absolute Gasteiger partial charge is 0.245 e. The van der Waals surface area contributed by atoms with E-state index < -0.39 is 24.0 Å². The number of likely N-dealkylation sites (tertiary alicyclic amines) is 1. The molecule has 2 rings (SSSR count). The summed E-state index contributed by atoms with van der Waals surface area (Å²) in [6.45, 7) is 2.40. The van der Waals surface area contributed by atoms with E-state index >= 15 is 0 Å². The highest BCUT2D eigenvalue weighted by Gasteiger charge is 2.36. The van der Waals surface area contributed by atoms with Gasteiger partial charge in [-0.05, 0) is 38.5 Å². The van der Waals surface area contributed by atoms with E-state index in [0.717, 1.165) is 12.8 Å². The minimum absolute atomic E-state index is 0.144. The number of nitrogens with one attached hydrogen (secondary N) is 2. The molecule has 2 fully saturated rings. The Balaban J connectivity index is 2.05. The zero-order valence-corrected chi connectivity index (χ0v) is 14.8. The van der Waals surface area contributed by atoms with Crippen LogP contribution >= 0.6 is 0 Å². The second-order valence-corrected chi connectivity index (χ2v) is 6.81. The molecule has 8 heteroatoms. The van der Waals surface area contributed by atoms with Gasteiger partial charge in [-0.1, -0.05) is 13.3 Å². The van der Waals surface area contributed by atoms with Crippen molar-refractivity contribution in [1.82, 2.24) is 15.5 Å². The third-order valence-corrected chi connectivity index (χ3v) is 4.85. The molecule has 0 aromatic carbocycles. The Morgan fingerprint density at radius 3 is 2.68 bits per heavy atom. The van der Waals surface area contributed by atoms with Crippen LogP contribution in [0.25, 0.3) is 0 Å². The number of hydrogen-bond acceptors (Lipinski definition) is 4. The van der Waals surface area contributed by atoms with Crippen LogP contribution < -0.4 is 16.4 Å². The number of hydrogen-bond donors (Lipinski definition) is 3. The van der Waals surface area contributed by atoms with Crippen LogP contribution in [0.4, 0.5) is 0 Å². The highest BCUT2D eigenvalue weighted by Crippen LogP contribution is 2.19. The Bertz CT molecular complexity index is 537. The minimum atomic E-state index is -0.698. The van der Waals surface area contributed by atoms with Gasteiger partial charge < -0.3 is 21.3 Å². The zero-order chi connectivity index (χ0) is 18.4. The van der Waals surface area contributed by atoms with Gasteiger partial charge in [-0.25, -0.2) is 0 Å². The first-order chi connectivity index (χ1) is 11.9. The lowest BCUT2D eigenvalue weighted by atomic mass is 9.99. The molecule has 4 N–H and O–H groups in total. The second-order valence-electron chi connectivity index (χ2n) is 6.81. The van der Waals surface area contributed by atoms with Crippen molar-refractivity contribution in [2.24, 2.45) is 5.73 Å². The summed E-state index contributed by atoms with van der Waals surface area (Å²) in [6, 6.07) is -1.90. The second kappa shape index (κ2) is 8.82. The molecule has 140 valence electrons. The van der Waals surface area contributed by atoms with E-state index in [2.05, 4.69) is 10.6 Å². The summed E-state index contributed by atoms with van der Waals surface area (Å²) in [5.41, 5.74) is 5.44. The third-order valence-electron chi connectivity index (χ3n) is 4.85. The number of nitrogens with two attached hydrogens (primary N) is 1. The van der Waals surface area contributed by atoms with E-state index in [4.69, 9.17) is 5.73 Å². The molecule has 25 heavy (non-hydrogen) atoms. The lowest BCUT2D eigenvalue weighted by molar-refractivity contribution is -0.144. The van der Waals surface area contributed by atoms with Crippen LogP contribution in [0.3, 0.4) is 0 Å². The van der Waals surface area contributed by atoms with Crippen LogP contribution in [0.15, 0.2) is 0 Å². The van der Waals surface area contributed by atoms with Crippen molar-refractivity contribution in [3.8, 4) is 0 Å². The normalized spacial score (nSPS) is 25.0. The molecule has 2 aliphatic heterocycles. The fraction of sp³-hybridized carbons (Fsp3) is 0.765. The number of carbonyl (C=O) groups excluding carboxylic acids is 4. The van der Waals surface area contributed by atoms with E-state index in [1.807, 2.05) is 6.92 Å². The fourth-order valence-corrected chi connectivity index (χ4v) is 3.51. The molecule has 8 nitrogen and oxygen atoms in total. The molecular weight excluding hydrogens is 324 g/mol. The van der Waals surface area contributed by atoms with Gasteiger partial charge in [-0.2, -0.15) is 0 Å². The SMILES string of the molecule is CCC[C@H](NC(=O)C1CCCC(=O)N1)C(=O)N1CCCC[C@H]1C(N)=O. The molecule has 0 aromatic heterocycles. The highest BCUT2D eigenvalue weighted by molar-refractivity contribution is 5.94. The number of carbonyl (C=O) groups is 4. The molecule has 0 aliphatic carbocycles. The fourth-order valence-electron chi connectivity index (χ4n) is 3.51. The van der Waals surface area contributed by atoms with Gasteiger partial charge in [0, 0.05) is 13.0 Å². The molecule has 4 amide bonds. The average molecular weight is 352 g/mol. The van der Waals surface area contributed by atoms with Crippen LogP contribution in [0, 0.1) is 0 Å². The van der Waals surface area contributed by atoms with E-state index in [0.29, 0.717) is 45.1 Å². The average Bonchev–Trinajstić information content (AvgIpc) is 2.60. The van der Waals surface area contributed by atoms with E-state index in [9.17, 15) is 19.2 Å². The molecule has 0 aromatic rings. The molecule has 2 aliphatic rings. The van der Waals surface area contributed by atoms with Gasteiger partial charge in [0.15, 0.2) is 0 Å². The van der Waals surface area contributed by atoms with Gasteiger partial charge in [0.1, 0.15) is 18.1 Å². The van der Waals surface area contributed by atoms with Crippen molar-refractivity contribution in [2.75, 3.05) is 6.54 Å². The van der Waals surface area contributed by atoms with Crippen molar-refractivity contribution in [2.45, 2.75) is 76.4 Å². The molecule has 2 heterocycles. The van der Waals surface area contributed by atoms with Gasteiger partial charge in [0.05, 0.1) is 0 Å². The van der Waals surface area contributed by atoms with Crippen LogP contribution in [-0.2, 0) is 19.2 Å². The maximum Gasteiger partial charge on any atom is 0.245 e. The van der Waals surface area contributed by atoms with Gasteiger partial charge in [0.25, 0.3) is 0 Å². The Labute approximate surface area is 147 Å². The number of primary amides is 1. The Morgan fingerprint density at radius 2 is 2.04 bits per heavy atom. The molecule has 3 atom stereocenters. The molecule has 0 radical (unpaired) electrons. The zero-order valence-electron chi connectivity index (χ0n) is 14.8. The lowest BCUT2D eigenvalue weighted by Crippen LogP contribution is -2.59. The Morgan fingerprint density at radius 1 is 1.28 bits per heavy atom. The molecular formula is C17H28N4O4. The summed E-state index contributed by atoms with van der Waals surface area (Å²) < 4.78 is 0. The third kappa shape index (κ3) is 4.93. The summed E-state index contributed by atoms with van der Waals surface area (Å²) in [5.74, 6) is -1.25. The molecule has 0 saturated carbocycles. The number of nitrogens with zero attached hydrogens (tertiary/aromatic N) is 1. The van der Waals surface area contributed by atoms with Crippen LogP contribution in [0.1, 0.15) is 58.3 Å². The monoisotopic (exact) mass is 352 g/mol. The molecule has 0 spiro atoms. The first-order valence-electron chi connectivity index (χ1n) is 9.13. The van der Waals surface area contributed by atoms with E-state index in [1.54, 1.807) is 0 Å². The maximum atomic E-state index is 12.9. The first kappa shape index (κ1) is 19.2. The van der Waals surface area contributed by atoms with Crippen molar-refractivity contribution >= 4 is 23.6 Å². The van der Waals surface area contributed by atoms with Crippen molar-refractivity contribution in [1.29, 1.82) is 0 Å². The van der Waals surface area contributed by atoms with E-state index in [-0.39, 0.29) is 17.7 Å². The number of amides is 4. The summed E-state index contributed by atoms with van der Waals surface area (Å²) in [6.07, 6.45) is 5.08. The summed E-state index contributed by atoms with van der Waals surface area (Å²) >= 11 is 0. The molecule has 0 bridgehead atoms. The summed E-state index contributed by atoms with van der Waals surface area (Å²) in [5, 5.41) is 5.43. The topological polar surface area (TPSA) is 122 Å². The maximum absolute atomic E-state index is 12.9. The van der Waals surface area contributed by atoms with Crippen LogP contribution in [0.2, 0.25) is 0 Å². The number of rotatable bonds is 6. The standard InChI is InChI=1S/C17H28N4O4/c1-2-6-12(20-16(24)11-7-5-9-14(22)19-11)17(25)21-10-4-3-8-13(21)15(18)23/h11-13H,2-10H2,1H3,(H2,18,23)(H,19,22)(H,20,24)/t11?,12-,13-/m0/s1. The van der Waals surface area contributed by atoms with Crippen LogP contribution in [-0.4, -0.2) is 53.2 Å². The molecule has 2 saturated heterocycles. The van der Waals surface area contributed by atoms with Crippen molar-refractivity contribution < 1.29 is 19.2 Å². The number of piperidine rings is 2. The van der Waals surface area contributed by atoms with E-state index in [1.165, 1.54) is 4.90 Å². The van der Waals surface area contributed by atoms with Crippen molar-refractivity contribution in [3.63, 3.8) is 0 Å². The van der Waals surface area contributed by atoms with Crippen LogP contribution in [0.5, 0.6) is 0 Å². The Kier molecular flexibility index (Phi) is 6.78. The Hall–Kier alpha value is -2.12. The van der Waals surface area contributed by atoms with Gasteiger partial charge in [0.2, 0.25) is 23.6 Å². The van der Waals surface area contributed by atoms with Gasteiger partial charge in [-0.3, -0.25) is 19.2 Å². The summed E-state index contributed by atoms with van der Waals surface area (Å²) in [4.78, 5) is 50.0. The lowest BCUT2D eigenvalue weighted by Gasteiger charge is -2.36. The summed E-state index contributed by atoms with van der Waals surface area (Å²) in [7, 11) is 0. The van der Waals surface area contributed by atoms with Crippen molar-refractivity contribution in [3.05, 3.63) is 0 Å². The highest BCUT2D eigenvalue weighted by atomic mass is 16.2. The van der Waals surface area contributed by atoms with Gasteiger partial charge >= 0.3 is 0 Å². The predicted octanol–water partition coefficient (Wildman–Crippen LogP) is -0.194. The largest absolute Gasteiger partial charge is 0.368 e. The van der Waals surface area contributed by atoms with Gasteiger partial charge in [-0.15, -0.1) is 0 Å². The predicted molar refractivity (Wildman–Crippen MR) is 91.2 cm³/mol. The quantitative estimate of drug-likeness (QED) is 0.613. The first-order valence-corrected chi connectivity index (χ1v) is 9.13. The molecule has 1 unspecified atom stereocenters.